The summed E-state index contributed by atoms with van der Waals surface area (Å²) >= 11 is 0. The van der Waals surface area contributed by atoms with Crippen LogP contribution in [0.25, 0.3) is 0 Å². The third kappa shape index (κ3) is 2.77. The van der Waals surface area contributed by atoms with Crippen LogP contribution in [0.1, 0.15) is 6.92 Å². The van der Waals surface area contributed by atoms with E-state index in [2.05, 4.69) is 5.43 Å². The van der Waals surface area contributed by atoms with Gasteiger partial charge in [0.2, 0.25) is 0 Å². The summed E-state index contributed by atoms with van der Waals surface area (Å²) in [6, 6.07) is -0.451. The van der Waals surface area contributed by atoms with Crippen LogP contribution < -0.4 is 11.2 Å². The molecular weight excluding hydrogens is 158 g/mol. The van der Waals surface area contributed by atoms with Crippen molar-refractivity contribution < 1.29 is 9.53 Å². The van der Waals surface area contributed by atoms with Gasteiger partial charge >= 0.3 is 0 Å². The van der Waals surface area contributed by atoms with Gasteiger partial charge in [-0.3, -0.25) is 10.2 Å². The van der Waals surface area contributed by atoms with Crippen LogP contribution >= 0.6 is 0 Å². The van der Waals surface area contributed by atoms with Crippen LogP contribution in [0.2, 0.25) is 0 Å². The zero-order valence-electron chi connectivity index (χ0n) is 7.25. The lowest BCUT2D eigenvalue weighted by atomic mass is 10.3. The number of carbonyl (C=O) groups excluding carboxylic acids is 1. The maximum absolute atomic E-state index is 11.1. The Morgan fingerprint density at radius 1 is 1.58 bits per heavy atom. The van der Waals surface area contributed by atoms with Gasteiger partial charge in [0.25, 0.3) is 5.91 Å². The van der Waals surface area contributed by atoms with Crippen molar-refractivity contribution in [2.24, 2.45) is 5.73 Å². The first-order chi connectivity index (χ1) is 5.70. The van der Waals surface area contributed by atoms with Crippen molar-refractivity contribution in [1.29, 1.82) is 0 Å². The van der Waals surface area contributed by atoms with Crippen LogP contribution in [0.5, 0.6) is 0 Å². The summed E-state index contributed by atoms with van der Waals surface area (Å²) in [5, 5.41) is 1.83. The smallest absolute Gasteiger partial charge is 0.250 e. The number of nitrogens with two attached hydrogens (primary N) is 1. The summed E-state index contributed by atoms with van der Waals surface area (Å²) in [6.45, 7) is 4.46. The fourth-order valence-corrected chi connectivity index (χ4v) is 0.933. The molecule has 0 aromatic rings. The van der Waals surface area contributed by atoms with E-state index in [1.54, 1.807) is 6.92 Å². The Balaban J connectivity index is 2.24. The number of nitrogens with zero attached hydrogens (tertiary/aromatic N) is 1. The molecule has 1 fully saturated rings. The van der Waals surface area contributed by atoms with Crippen LogP contribution in [0.15, 0.2) is 0 Å². The number of amides is 1. The number of nitrogens with one attached hydrogen (secondary N) is 1. The van der Waals surface area contributed by atoms with E-state index in [0.29, 0.717) is 13.2 Å². The average Bonchev–Trinajstić information content (AvgIpc) is 2.06. The Morgan fingerprint density at radius 3 is 2.67 bits per heavy atom. The third-order valence-electron chi connectivity index (χ3n) is 1.69. The van der Waals surface area contributed by atoms with E-state index in [9.17, 15) is 4.79 Å². The molecule has 0 saturated carbocycles. The Kier molecular flexibility index (Phi) is 3.46. The maximum Gasteiger partial charge on any atom is 0.250 e. The SMILES string of the molecule is C[C@@H](N)C(=O)NN1CCOCC1. The Hall–Kier alpha value is -0.650. The molecule has 70 valence electrons. The summed E-state index contributed by atoms with van der Waals surface area (Å²) in [5.41, 5.74) is 8.09. The highest BCUT2D eigenvalue weighted by molar-refractivity contribution is 5.80. The molecule has 3 N–H and O–H groups in total. The minimum atomic E-state index is -0.451. The highest BCUT2D eigenvalue weighted by atomic mass is 16.5. The van der Waals surface area contributed by atoms with Gasteiger partial charge in [0, 0.05) is 13.1 Å². The molecule has 0 bridgehead atoms. The topological polar surface area (TPSA) is 67.6 Å². The Morgan fingerprint density at radius 2 is 2.17 bits per heavy atom. The summed E-state index contributed by atoms with van der Waals surface area (Å²) in [5.74, 6) is -0.142. The van der Waals surface area contributed by atoms with Crippen LogP contribution in [-0.4, -0.2) is 43.3 Å². The van der Waals surface area contributed by atoms with Crippen molar-refractivity contribution in [3.05, 3.63) is 0 Å². The van der Waals surface area contributed by atoms with E-state index < -0.39 is 6.04 Å². The second-order valence-electron chi connectivity index (χ2n) is 2.86. The van der Waals surface area contributed by atoms with E-state index >= 15 is 0 Å². The number of rotatable bonds is 2. The quantitative estimate of drug-likeness (QED) is 0.544. The lowest BCUT2D eigenvalue weighted by Crippen LogP contribution is -2.52. The van der Waals surface area contributed by atoms with Gasteiger partial charge in [0.1, 0.15) is 0 Å². The van der Waals surface area contributed by atoms with Gasteiger partial charge in [0.15, 0.2) is 0 Å². The second-order valence-corrected chi connectivity index (χ2v) is 2.86. The number of ether oxygens (including phenoxy) is 1. The molecule has 0 unspecified atom stereocenters. The summed E-state index contributed by atoms with van der Waals surface area (Å²) < 4.78 is 5.12. The third-order valence-corrected chi connectivity index (χ3v) is 1.69. The number of hydrogen-bond donors (Lipinski definition) is 2. The average molecular weight is 173 g/mol. The summed E-state index contributed by atoms with van der Waals surface area (Å²) in [7, 11) is 0. The summed E-state index contributed by atoms with van der Waals surface area (Å²) in [6.07, 6.45) is 0. The summed E-state index contributed by atoms with van der Waals surface area (Å²) in [4.78, 5) is 11.1. The Bertz CT molecular complexity index is 155. The van der Waals surface area contributed by atoms with E-state index in [1.807, 2.05) is 5.01 Å². The molecule has 0 radical (unpaired) electrons. The predicted octanol–water partition coefficient (Wildman–Crippen LogP) is -1.30. The van der Waals surface area contributed by atoms with Gasteiger partial charge in [0.05, 0.1) is 19.3 Å². The van der Waals surface area contributed by atoms with E-state index in [-0.39, 0.29) is 5.91 Å². The molecule has 1 rings (SSSR count). The molecule has 1 aliphatic heterocycles. The largest absolute Gasteiger partial charge is 0.379 e. The standard InChI is InChI=1S/C7H15N3O2/c1-6(8)7(11)9-10-2-4-12-5-3-10/h6H,2-5,8H2,1H3,(H,9,11)/t6-/m1/s1. The zero-order chi connectivity index (χ0) is 8.97. The molecule has 0 spiro atoms. The lowest BCUT2D eigenvalue weighted by molar-refractivity contribution is -0.128. The van der Waals surface area contributed by atoms with Crippen molar-refractivity contribution >= 4 is 5.91 Å². The molecule has 5 nitrogen and oxygen atoms in total. The molecule has 1 heterocycles. The van der Waals surface area contributed by atoms with Crippen molar-refractivity contribution in [2.75, 3.05) is 26.3 Å². The van der Waals surface area contributed by atoms with Gasteiger partial charge in [-0.2, -0.15) is 0 Å². The van der Waals surface area contributed by atoms with Gasteiger partial charge in [-0.15, -0.1) is 0 Å². The number of hydrazine groups is 1. The highest BCUT2D eigenvalue weighted by Crippen LogP contribution is 1.92. The number of carbonyl (C=O) groups is 1. The molecule has 1 amide bonds. The van der Waals surface area contributed by atoms with Gasteiger partial charge < -0.3 is 10.5 Å². The fourth-order valence-electron chi connectivity index (χ4n) is 0.933. The monoisotopic (exact) mass is 173 g/mol. The van der Waals surface area contributed by atoms with Gasteiger partial charge in [-0.1, -0.05) is 0 Å². The van der Waals surface area contributed by atoms with Crippen LogP contribution in [0, 0.1) is 0 Å². The van der Waals surface area contributed by atoms with E-state index in [1.165, 1.54) is 0 Å². The minimum Gasteiger partial charge on any atom is -0.379 e. The predicted molar refractivity (Wildman–Crippen MR) is 44.2 cm³/mol. The molecular formula is C7H15N3O2. The highest BCUT2D eigenvalue weighted by Gasteiger charge is 2.14. The van der Waals surface area contributed by atoms with E-state index in [4.69, 9.17) is 10.5 Å². The molecule has 12 heavy (non-hydrogen) atoms. The molecule has 1 saturated heterocycles. The minimum absolute atomic E-state index is 0.142. The van der Waals surface area contributed by atoms with Crippen LogP contribution in [0.3, 0.4) is 0 Å². The molecule has 0 aromatic heterocycles. The molecule has 0 aromatic carbocycles. The van der Waals surface area contributed by atoms with Gasteiger partial charge in [-0.05, 0) is 6.92 Å². The first-order valence-corrected chi connectivity index (χ1v) is 4.09. The molecule has 5 heteroatoms. The molecule has 1 aliphatic rings. The Labute approximate surface area is 71.8 Å². The van der Waals surface area contributed by atoms with Gasteiger partial charge in [-0.25, -0.2) is 5.01 Å². The number of hydrogen-bond acceptors (Lipinski definition) is 4. The van der Waals surface area contributed by atoms with Crippen LogP contribution in [0.4, 0.5) is 0 Å². The molecule has 1 atom stereocenters. The second kappa shape index (κ2) is 4.39. The maximum atomic E-state index is 11.1. The van der Waals surface area contributed by atoms with E-state index in [0.717, 1.165) is 13.1 Å². The fraction of sp³-hybridized carbons (Fsp3) is 0.857. The van der Waals surface area contributed by atoms with Crippen molar-refractivity contribution in [3.8, 4) is 0 Å². The van der Waals surface area contributed by atoms with Crippen molar-refractivity contribution in [1.82, 2.24) is 10.4 Å². The van der Waals surface area contributed by atoms with Crippen molar-refractivity contribution in [2.45, 2.75) is 13.0 Å². The normalized spacial score (nSPS) is 21.8. The van der Waals surface area contributed by atoms with Crippen LogP contribution in [-0.2, 0) is 9.53 Å². The zero-order valence-corrected chi connectivity index (χ0v) is 7.25. The lowest BCUT2D eigenvalue weighted by Gasteiger charge is -2.27. The number of morpholine rings is 1. The molecule has 0 aliphatic carbocycles. The first-order valence-electron chi connectivity index (χ1n) is 4.09. The first kappa shape index (κ1) is 9.44. The van der Waals surface area contributed by atoms with Crippen molar-refractivity contribution in [3.63, 3.8) is 0 Å².